The summed E-state index contributed by atoms with van der Waals surface area (Å²) in [5.41, 5.74) is 2.99. The topological polar surface area (TPSA) is 39.7 Å². The highest BCUT2D eigenvalue weighted by molar-refractivity contribution is 14.0. The maximum Gasteiger partial charge on any atom is 0.191 e. The Morgan fingerprint density at radius 1 is 1.32 bits per heavy atom. The summed E-state index contributed by atoms with van der Waals surface area (Å²) in [6.07, 6.45) is 2.26. The summed E-state index contributed by atoms with van der Waals surface area (Å²) >= 11 is 0. The molecule has 124 valence electrons. The van der Waals surface area contributed by atoms with Crippen molar-refractivity contribution in [3.05, 3.63) is 35.4 Å². The third kappa shape index (κ3) is 5.76. The fourth-order valence-corrected chi connectivity index (χ4v) is 2.61. The molecule has 1 aliphatic rings. The van der Waals surface area contributed by atoms with Gasteiger partial charge in [-0.1, -0.05) is 31.2 Å². The largest absolute Gasteiger partial charge is 0.355 e. The number of guanidine groups is 1. The van der Waals surface area contributed by atoms with Crippen molar-refractivity contribution >= 4 is 29.9 Å². The monoisotopic (exact) mass is 416 g/mol. The second kappa shape index (κ2) is 10.0. The van der Waals surface area contributed by atoms with Crippen molar-refractivity contribution in [3.63, 3.8) is 0 Å². The van der Waals surface area contributed by atoms with E-state index in [1.165, 1.54) is 11.1 Å². The number of aliphatic imine (C=N–C) groups is 1. The Kier molecular flexibility index (Phi) is 8.78. The van der Waals surface area contributed by atoms with E-state index in [1.54, 1.807) is 0 Å². The molecule has 1 atom stereocenters. The van der Waals surface area contributed by atoms with Crippen molar-refractivity contribution in [1.29, 1.82) is 0 Å². The molecule has 1 aromatic rings. The van der Waals surface area contributed by atoms with Crippen LogP contribution >= 0.6 is 24.0 Å². The first kappa shape index (κ1) is 19.2. The second-order valence-corrected chi connectivity index (χ2v) is 5.75. The molecule has 0 aliphatic carbocycles. The van der Waals surface area contributed by atoms with E-state index in [2.05, 4.69) is 58.6 Å². The molecule has 1 unspecified atom stereocenters. The summed E-state index contributed by atoms with van der Waals surface area (Å²) in [4.78, 5) is 6.78. The van der Waals surface area contributed by atoms with E-state index in [0.717, 1.165) is 45.0 Å². The quantitative estimate of drug-likeness (QED) is 0.441. The number of nitrogens with zero attached hydrogens (tertiary/aromatic N) is 2. The Labute approximate surface area is 151 Å². The summed E-state index contributed by atoms with van der Waals surface area (Å²) in [6.45, 7) is 8.55. The lowest BCUT2D eigenvalue weighted by molar-refractivity contribution is 0.258. The molecule has 0 amide bonds. The van der Waals surface area contributed by atoms with Crippen molar-refractivity contribution in [2.75, 3.05) is 26.7 Å². The summed E-state index contributed by atoms with van der Waals surface area (Å²) in [5.74, 6) is 0.904. The smallest absolute Gasteiger partial charge is 0.191 e. The van der Waals surface area contributed by atoms with E-state index < -0.39 is 0 Å². The van der Waals surface area contributed by atoms with Crippen molar-refractivity contribution in [2.24, 2.45) is 4.99 Å². The Bertz CT molecular complexity index is 475. The molecule has 22 heavy (non-hydrogen) atoms. The van der Waals surface area contributed by atoms with Gasteiger partial charge in [-0.15, -0.1) is 24.0 Å². The molecule has 5 heteroatoms. The molecule has 0 fully saturated rings. The van der Waals surface area contributed by atoms with Gasteiger partial charge in [-0.3, -0.25) is 9.89 Å². The van der Waals surface area contributed by atoms with Crippen LogP contribution in [-0.4, -0.2) is 43.6 Å². The van der Waals surface area contributed by atoms with Gasteiger partial charge in [0, 0.05) is 39.3 Å². The van der Waals surface area contributed by atoms with Crippen LogP contribution in [0.4, 0.5) is 0 Å². The summed E-state index contributed by atoms with van der Waals surface area (Å²) in [7, 11) is 1.83. The molecule has 1 heterocycles. The molecule has 4 nitrogen and oxygen atoms in total. The van der Waals surface area contributed by atoms with Crippen LogP contribution in [0.2, 0.25) is 0 Å². The number of fused-ring (bicyclic) bond motifs is 1. The molecular formula is C17H29IN4. The van der Waals surface area contributed by atoms with Crippen LogP contribution in [0.5, 0.6) is 0 Å². The number of rotatable bonds is 5. The molecule has 0 aromatic heterocycles. The van der Waals surface area contributed by atoms with Crippen LogP contribution < -0.4 is 10.6 Å². The minimum atomic E-state index is 0. The maximum atomic E-state index is 4.27. The Hall–Kier alpha value is -0.820. The molecular weight excluding hydrogens is 387 g/mol. The Morgan fingerprint density at radius 2 is 2.05 bits per heavy atom. The zero-order valence-electron chi connectivity index (χ0n) is 13.9. The van der Waals surface area contributed by atoms with E-state index in [-0.39, 0.29) is 24.0 Å². The van der Waals surface area contributed by atoms with Gasteiger partial charge < -0.3 is 10.6 Å². The highest BCUT2D eigenvalue weighted by Crippen LogP contribution is 2.17. The zero-order valence-corrected chi connectivity index (χ0v) is 16.3. The Morgan fingerprint density at radius 3 is 2.73 bits per heavy atom. The van der Waals surface area contributed by atoms with Gasteiger partial charge in [0.25, 0.3) is 0 Å². The molecule has 2 N–H and O–H groups in total. The average Bonchev–Trinajstić information content (AvgIpc) is 2.53. The lowest BCUT2D eigenvalue weighted by Crippen LogP contribution is -2.45. The van der Waals surface area contributed by atoms with Gasteiger partial charge in [0.05, 0.1) is 0 Å². The highest BCUT2D eigenvalue weighted by atomic mass is 127. The van der Waals surface area contributed by atoms with Gasteiger partial charge in [-0.05, 0) is 30.9 Å². The number of hydrogen-bond donors (Lipinski definition) is 2. The molecule has 1 aliphatic heterocycles. The van der Waals surface area contributed by atoms with E-state index in [4.69, 9.17) is 0 Å². The first-order valence-electron chi connectivity index (χ1n) is 7.99. The SMILES string of the molecule is CCC(C)NC(=NC)NCCN1CCc2ccccc2C1.I. The summed E-state index contributed by atoms with van der Waals surface area (Å²) in [6, 6.07) is 9.23. The first-order chi connectivity index (χ1) is 10.2. The predicted octanol–water partition coefficient (Wildman–Crippen LogP) is 2.63. The molecule has 2 rings (SSSR count). The maximum absolute atomic E-state index is 4.27. The van der Waals surface area contributed by atoms with Crippen molar-refractivity contribution in [3.8, 4) is 0 Å². The normalized spacial score (nSPS) is 16.4. The second-order valence-electron chi connectivity index (χ2n) is 5.75. The van der Waals surface area contributed by atoms with E-state index >= 15 is 0 Å². The minimum Gasteiger partial charge on any atom is -0.355 e. The van der Waals surface area contributed by atoms with E-state index in [0.29, 0.717) is 6.04 Å². The standard InChI is InChI=1S/C17H28N4.HI/c1-4-14(2)20-17(18-3)19-10-12-21-11-9-15-7-5-6-8-16(15)13-21;/h5-8,14H,4,9-13H2,1-3H3,(H2,18,19,20);1H. The molecule has 0 spiro atoms. The molecule has 0 saturated heterocycles. The fourth-order valence-electron chi connectivity index (χ4n) is 2.61. The van der Waals surface area contributed by atoms with Crippen LogP contribution in [0.1, 0.15) is 31.4 Å². The lowest BCUT2D eigenvalue weighted by Gasteiger charge is -2.29. The third-order valence-electron chi connectivity index (χ3n) is 4.15. The zero-order chi connectivity index (χ0) is 15.1. The minimum absolute atomic E-state index is 0. The van der Waals surface area contributed by atoms with Gasteiger partial charge >= 0.3 is 0 Å². The highest BCUT2D eigenvalue weighted by Gasteiger charge is 2.15. The summed E-state index contributed by atoms with van der Waals surface area (Å²) < 4.78 is 0. The Balaban J connectivity index is 0.00000242. The molecule has 1 aromatic carbocycles. The molecule has 0 saturated carbocycles. The van der Waals surface area contributed by atoms with E-state index in [9.17, 15) is 0 Å². The number of hydrogen-bond acceptors (Lipinski definition) is 2. The first-order valence-corrected chi connectivity index (χ1v) is 7.99. The van der Waals surface area contributed by atoms with Crippen LogP contribution in [0, 0.1) is 0 Å². The van der Waals surface area contributed by atoms with Crippen molar-refractivity contribution in [2.45, 2.75) is 39.3 Å². The lowest BCUT2D eigenvalue weighted by atomic mass is 10.00. The van der Waals surface area contributed by atoms with Gasteiger partial charge in [0.1, 0.15) is 0 Å². The van der Waals surface area contributed by atoms with E-state index in [1.807, 2.05) is 7.05 Å². The van der Waals surface area contributed by atoms with Gasteiger partial charge in [-0.25, -0.2) is 0 Å². The van der Waals surface area contributed by atoms with Gasteiger partial charge in [-0.2, -0.15) is 0 Å². The van der Waals surface area contributed by atoms with Gasteiger partial charge in [0.2, 0.25) is 0 Å². The van der Waals surface area contributed by atoms with Crippen LogP contribution in [0.25, 0.3) is 0 Å². The van der Waals surface area contributed by atoms with Crippen LogP contribution in [0.15, 0.2) is 29.3 Å². The molecule has 0 bridgehead atoms. The van der Waals surface area contributed by atoms with Crippen molar-refractivity contribution in [1.82, 2.24) is 15.5 Å². The summed E-state index contributed by atoms with van der Waals surface area (Å²) in [5, 5.41) is 6.79. The van der Waals surface area contributed by atoms with Gasteiger partial charge in [0.15, 0.2) is 5.96 Å². The van der Waals surface area contributed by atoms with Crippen LogP contribution in [-0.2, 0) is 13.0 Å². The molecule has 0 radical (unpaired) electrons. The van der Waals surface area contributed by atoms with Crippen molar-refractivity contribution < 1.29 is 0 Å². The predicted molar refractivity (Wildman–Crippen MR) is 105 cm³/mol. The number of benzene rings is 1. The average molecular weight is 416 g/mol. The van der Waals surface area contributed by atoms with Crippen LogP contribution in [0.3, 0.4) is 0 Å². The number of nitrogens with one attached hydrogen (secondary N) is 2. The fraction of sp³-hybridized carbons (Fsp3) is 0.588. The third-order valence-corrected chi connectivity index (χ3v) is 4.15. The number of halogens is 1.